The van der Waals surface area contributed by atoms with E-state index in [1.54, 1.807) is 24.3 Å². The van der Waals surface area contributed by atoms with Crippen LogP contribution in [-0.2, 0) is 20.7 Å². The van der Waals surface area contributed by atoms with Crippen LogP contribution in [-0.4, -0.2) is 23.0 Å². The van der Waals surface area contributed by atoms with Crippen molar-refractivity contribution < 1.29 is 14.3 Å². The zero-order chi connectivity index (χ0) is 20.8. The SMILES string of the molecule is Cc1ccc(-c2nc(CC(=O)O[C@H](C)C(=O)Nc3cccc(C#N)c3)cs2)cc1. The first kappa shape index (κ1) is 20.2. The minimum absolute atomic E-state index is 0.0100. The van der Waals surface area contributed by atoms with Gasteiger partial charge in [0, 0.05) is 16.6 Å². The Hall–Kier alpha value is -3.50. The Balaban J connectivity index is 1.55. The average Bonchev–Trinajstić information content (AvgIpc) is 3.16. The molecule has 1 atom stereocenters. The van der Waals surface area contributed by atoms with Crippen LogP contribution in [0.3, 0.4) is 0 Å². The van der Waals surface area contributed by atoms with Crippen LogP contribution >= 0.6 is 11.3 Å². The number of nitrogens with one attached hydrogen (secondary N) is 1. The van der Waals surface area contributed by atoms with E-state index in [0.717, 1.165) is 10.6 Å². The van der Waals surface area contributed by atoms with Gasteiger partial charge in [0.05, 0.1) is 23.7 Å². The van der Waals surface area contributed by atoms with Gasteiger partial charge in [0.1, 0.15) is 5.01 Å². The van der Waals surface area contributed by atoms with Crippen molar-refractivity contribution in [2.24, 2.45) is 0 Å². The predicted octanol–water partition coefficient (Wildman–Crippen LogP) is 4.10. The lowest BCUT2D eigenvalue weighted by Gasteiger charge is -2.13. The first-order valence-electron chi connectivity index (χ1n) is 8.96. The lowest BCUT2D eigenvalue weighted by Crippen LogP contribution is -2.30. The van der Waals surface area contributed by atoms with Crippen molar-refractivity contribution in [3.05, 3.63) is 70.7 Å². The molecule has 0 unspecified atom stereocenters. The van der Waals surface area contributed by atoms with Gasteiger partial charge in [-0.3, -0.25) is 9.59 Å². The number of carbonyl (C=O) groups is 2. The van der Waals surface area contributed by atoms with Crippen LogP contribution in [0.2, 0.25) is 0 Å². The van der Waals surface area contributed by atoms with Gasteiger partial charge in [-0.15, -0.1) is 11.3 Å². The van der Waals surface area contributed by atoms with E-state index in [2.05, 4.69) is 10.3 Å². The second kappa shape index (κ2) is 9.13. The first-order valence-corrected chi connectivity index (χ1v) is 9.84. The standard InChI is InChI=1S/C22H19N3O3S/c1-14-6-8-17(9-7-14)22-25-19(13-29-22)11-20(26)28-15(2)21(27)24-18-5-3-4-16(10-18)12-23/h3-10,13,15H,11H2,1-2H3,(H,24,27)/t15-/m1/s1. The van der Waals surface area contributed by atoms with E-state index in [-0.39, 0.29) is 6.42 Å². The largest absolute Gasteiger partial charge is 0.452 e. The highest BCUT2D eigenvalue weighted by atomic mass is 32.1. The molecule has 1 heterocycles. The van der Waals surface area contributed by atoms with Crippen molar-refractivity contribution >= 4 is 28.9 Å². The van der Waals surface area contributed by atoms with Crippen LogP contribution < -0.4 is 5.32 Å². The van der Waals surface area contributed by atoms with Gasteiger partial charge in [-0.1, -0.05) is 35.9 Å². The zero-order valence-corrected chi connectivity index (χ0v) is 16.8. The van der Waals surface area contributed by atoms with Gasteiger partial charge in [-0.25, -0.2) is 4.98 Å². The summed E-state index contributed by atoms with van der Waals surface area (Å²) in [5.41, 5.74) is 3.66. The first-order chi connectivity index (χ1) is 13.9. The lowest BCUT2D eigenvalue weighted by atomic mass is 10.2. The predicted molar refractivity (Wildman–Crippen MR) is 111 cm³/mol. The summed E-state index contributed by atoms with van der Waals surface area (Å²) in [6.07, 6.45) is -0.979. The van der Waals surface area contributed by atoms with Crippen molar-refractivity contribution in [3.63, 3.8) is 0 Å². The summed E-state index contributed by atoms with van der Waals surface area (Å²) in [6.45, 7) is 3.52. The van der Waals surface area contributed by atoms with Crippen LogP contribution in [0.25, 0.3) is 10.6 Å². The third-order valence-corrected chi connectivity index (χ3v) is 5.05. The number of carbonyl (C=O) groups excluding carboxylic acids is 2. The number of nitriles is 1. The number of amides is 1. The van der Waals surface area contributed by atoms with Crippen LogP contribution in [0.1, 0.15) is 23.7 Å². The lowest BCUT2D eigenvalue weighted by molar-refractivity contribution is -0.152. The van der Waals surface area contributed by atoms with Gasteiger partial charge in [-0.2, -0.15) is 5.26 Å². The molecule has 29 heavy (non-hydrogen) atoms. The Morgan fingerprint density at radius 1 is 1.24 bits per heavy atom. The number of benzene rings is 2. The second-order valence-corrected chi connectivity index (χ2v) is 7.36. The summed E-state index contributed by atoms with van der Waals surface area (Å²) in [6, 6.07) is 16.5. The molecule has 3 rings (SSSR count). The van der Waals surface area contributed by atoms with Crippen molar-refractivity contribution in [1.82, 2.24) is 4.98 Å². The average molecular weight is 405 g/mol. The maximum Gasteiger partial charge on any atom is 0.312 e. The Kier molecular flexibility index (Phi) is 6.37. The molecule has 3 aromatic rings. The number of esters is 1. The van der Waals surface area contributed by atoms with Gasteiger partial charge >= 0.3 is 5.97 Å². The fourth-order valence-electron chi connectivity index (χ4n) is 2.57. The molecule has 0 saturated carbocycles. The molecule has 7 heteroatoms. The second-order valence-electron chi connectivity index (χ2n) is 6.50. The highest BCUT2D eigenvalue weighted by molar-refractivity contribution is 7.13. The molecule has 0 saturated heterocycles. The minimum atomic E-state index is -0.969. The number of rotatable bonds is 6. The fraction of sp³-hybridized carbons (Fsp3) is 0.182. The molecule has 0 aliphatic heterocycles. The Labute approximate surface area is 172 Å². The number of nitrogens with zero attached hydrogens (tertiary/aromatic N) is 2. The highest BCUT2D eigenvalue weighted by Gasteiger charge is 2.19. The maximum atomic E-state index is 12.2. The fourth-order valence-corrected chi connectivity index (χ4v) is 3.39. The minimum Gasteiger partial charge on any atom is -0.452 e. The molecule has 2 aromatic carbocycles. The number of aromatic nitrogens is 1. The quantitative estimate of drug-likeness (QED) is 0.623. The summed E-state index contributed by atoms with van der Waals surface area (Å²) >= 11 is 1.46. The van der Waals surface area contributed by atoms with E-state index >= 15 is 0 Å². The van der Waals surface area contributed by atoms with Crippen molar-refractivity contribution in [2.45, 2.75) is 26.4 Å². The molecule has 6 nitrogen and oxygen atoms in total. The Morgan fingerprint density at radius 3 is 2.72 bits per heavy atom. The molecule has 0 fully saturated rings. The Bertz CT molecular complexity index is 1070. The van der Waals surface area contributed by atoms with Crippen molar-refractivity contribution in [1.29, 1.82) is 5.26 Å². The maximum absolute atomic E-state index is 12.2. The van der Waals surface area contributed by atoms with Crippen LogP contribution in [0.5, 0.6) is 0 Å². The molecular weight excluding hydrogens is 386 g/mol. The smallest absolute Gasteiger partial charge is 0.312 e. The third-order valence-electron chi connectivity index (χ3n) is 4.11. The molecule has 1 amide bonds. The molecule has 0 bridgehead atoms. The normalized spacial score (nSPS) is 11.3. The van der Waals surface area contributed by atoms with E-state index in [1.807, 2.05) is 42.6 Å². The molecule has 146 valence electrons. The summed E-state index contributed by atoms with van der Waals surface area (Å²) in [5, 5.41) is 14.2. The monoisotopic (exact) mass is 405 g/mol. The summed E-state index contributed by atoms with van der Waals surface area (Å²) in [5.74, 6) is -0.994. The number of aryl methyl sites for hydroxylation is 1. The van der Waals surface area contributed by atoms with Gasteiger partial charge in [0.15, 0.2) is 6.10 Å². The van der Waals surface area contributed by atoms with Crippen LogP contribution in [0.15, 0.2) is 53.9 Å². The van der Waals surface area contributed by atoms with Gasteiger partial charge in [0.2, 0.25) is 0 Å². The van der Waals surface area contributed by atoms with Gasteiger partial charge in [0.25, 0.3) is 5.91 Å². The topological polar surface area (TPSA) is 92.1 Å². The number of hydrogen-bond donors (Lipinski definition) is 1. The van der Waals surface area contributed by atoms with E-state index in [4.69, 9.17) is 10.00 Å². The number of anilines is 1. The van der Waals surface area contributed by atoms with E-state index in [1.165, 1.54) is 23.8 Å². The third kappa shape index (κ3) is 5.50. The molecule has 1 aromatic heterocycles. The summed E-state index contributed by atoms with van der Waals surface area (Å²) < 4.78 is 5.22. The molecule has 0 aliphatic rings. The summed E-state index contributed by atoms with van der Waals surface area (Å²) in [4.78, 5) is 28.9. The molecule has 0 radical (unpaired) electrons. The molecule has 0 spiro atoms. The van der Waals surface area contributed by atoms with Crippen LogP contribution in [0.4, 0.5) is 5.69 Å². The van der Waals surface area contributed by atoms with E-state index < -0.39 is 18.0 Å². The van der Waals surface area contributed by atoms with E-state index in [9.17, 15) is 9.59 Å². The van der Waals surface area contributed by atoms with Gasteiger partial charge < -0.3 is 10.1 Å². The number of hydrogen-bond acceptors (Lipinski definition) is 6. The van der Waals surface area contributed by atoms with Crippen LogP contribution in [0, 0.1) is 18.3 Å². The number of thiazole rings is 1. The molecule has 1 N–H and O–H groups in total. The van der Waals surface area contributed by atoms with E-state index in [0.29, 0.717) is 16.9 Å². The summed E-state index contributed by atoms with van der Waals surface area (Å²) in [7, 11) is 0. The molecular formula is C22H19N3O3S. The highest BCUT2D eigenvalue weighted by Crippen LogP contribution is 2.24. The number of ether oxygens (including phenoxy) is 1. The zero-order valence-electron chi connectivity index (χ0n) is 16.0. The van der Waals surface area contributed by atoms with Crippen molar-refractivity contribution in [3.8, 4) is 16.6 Å². The van der Waals surface area contributed by atoms with Crippen molar-refractivity contribution in [2.75, 3.05) is 5.32 Å². The van der Waals surface area contributed by atoms with Gasteiger partial charge in [-0.05, 0) is 32.0 Å². The Morgan fingerprint density at radius 2 is 2.00 bits per heavy atom. The molecule has 0 aliphatic carbocycles.